The van der Waals surface area contributed by atoms with Crippen molar-refractivity contribution in [2.45, 2.75) is 167 Å². The number of fused-ring (bicyclic) bond motifs is 5. The SMILES string of the molecule is CO[C@@H]1/C=C/C=C(\C)Cc2cc(C)c(Cl)c(c2)N(C)C(=O)C[C@H](OC(=O)[C@H](C)N(C)C(=O)c2ccc(CC(=O)[C@H](CCCNC(N)=O)NC(=O)[C@@H](CC(=O)CCCCCOC(=O)C(CBr)CBr)C(C)C)cc2F)[C@]2(C)O[C@H]2[C@H](C)[C@@H]2C[C@@]1(O)NC(=O)O2. The number of esters is 2. The first-order valence-corrected chi connectivity index (χ1v) is 31.8. The monoisotopic (exact) mass is 1360 g/mol. The third-order valence-corrected chi connectivity index (χ3v) is 18.5. The van der Waals surface area contributed by atoms with Crippen LogP contribution in [0.3, 0.4) is 0 Å². The zero-order valence-electron chi connectivity index (χ0n) is 51.1. The van der Waals surface area contributed by atoms with Crippen LogP contribution >= 0.6 is 43.5 Å². The Hall–Kier alpha value is -5.79. The number of amides is 6. The molecule has 6 amide bonds. The van der Waals surface area contributed by atoms with Gasteiger partial charge in [0.25, 0.3) is 5.91 Å². The van der Waals surface area contributed by atoms with Crippen molar-refractivity contribution in [1.82, 2.24) is 20.9 Å². The van der Waals surface area contributed by atoms with Crippen molar-refractivity contribution in [2.75, 3.05) is 49.9 Å². The molecule has 0 aromatic heterocycles. The van der Waals surface area contributed by atoms with Gasteiger partial charge in [-0.15, -0.1) is 0 Å². The van der Waals surface area contributed by atoms with Gasteiger partial charge in [-0.05, 0) is 107 Å². The number of benzene rings is 2. The van der Waals surface area contributed by atoms with E-state index in [-0.39, 0.29) is 80.8 Å². The Balaban J connectivity index is 1.31. The molecule has 3 aliphatic rings. The number of primary amides is 1. The molecular weight excluding hydrogens is 1280 g/mol. The number of nitrogens with two attached hydrogens (primary N) is 1. The molecule has 0 spiro atoms. The maximum Gasteiger partial charge on any atom is 0.409 e. The lowest BCUT2D eigenvalue weighted by atomic mass is 9.83. The number of anilines is 1. The molecule has 25 heteroatoms. The third-order valence-electron chi connectivity index (χ3n) is 16.4. The van der Waals surface area contributed by atoms with E-state index in [2.05, 4.69) is 47.8 Å². The molecule has 2 aromatic carbocycles. The number of Topliss-reactive ketones (excluding diaryl/α,β-unsaturated/α-hetero) is 2. The lowest BCUT2D eigenvalue weighted by Gasteiger charge is -2.42. The summed E-state index contributed by atoms with van der Waals surface area (Å²) in [6.07, 6.45) is 1.75. The van der Waals surface area contributed by atoms with Crippen molar-refractivity contribution in [3.8, 4) is 0 Å². The summed E-state index contributed by atoms with van der Waals surface area (Å²) in [4.78, 5) is 123. The Morgan fingerprint density at radius 3 is 2.37 bits per heavy atom. The number of methoxy groups -OCH3 is 1. The largest absolute Gasteiger partial charge is 0.465 e. The average Bonchev–Trinajstić information content (AvgIpc) is 1.59. The van der Waals surface area contributed by atoms with Gasteiger partial charge in [-0.3, -0.25) is 34.1 Å². The Labute approximate surface area is 530 Å². The van der Waals surface area contributed by atoms with Gasteiger partial charge in [-0.2, -0.15) is 0 Å². The molecule has 0 unspecified atom stereocenters. The smallest absolute Gasteiger partial charge is 0.409 e. The number of ether oxygens (including phenoxy) is 5. The summed E-state index contributed by atoms with van der Waals surface area (Å²) in [5.41, 5.74) is 4.48. The number of urea groups is 1. The van der Waals surface area contributed by atoms with Crippen LogP contribution in [0.1, 0.15) is 126 Å². The fraction of sp³-hybridized carbons (Fsp3) is 0.597. The summed E-state index contributed by atoms with van der Waals surface area (Å²) in [7, 11) is 4.21. The molecule has 0 aliphatic carbocycles. The quantitative estimate of drug-likeness (QED) is 0.0196. The number of rotatable bonds is 26. The number of allylic oxidation sites excluding steroid dienone is 3. The second-order valence-electron chi connectivity index (χ2n) is 23.5. The number of halogens is 4. The van der Waals surface area contributed by atoms with Crippen LogP contribution in [0, 0.1) is 36.4 Å². The van der Waals surface area contributed by atoms with Crippen LogP contribution in [0.4, 0.5) is 19.7 Å². The number of carbonyl (C=O) groups is 9. The summed E-state index contributed by atoms with van der Waals surface area (Å²) in [6, 6.07) is 3.94. The number of ketones is 2. The van der Waals surface area contributed by atoms with Crippen molar-refractivity contribution >= 4 is 102 Å². The average molecular weight is 1370 g/mol. The number of carbonyl (C=O) groups excluding carboxylic acids is 9. The van der Waals surface area contributed by atoms with Gasteiger partial charge in [0.05, 0.1) is 47.4 Å². The van der Waals surface area contributed by atoms with Gasteiger partial charge in [-0.25, -0.2) is 18.8 Å². The number of unbranched alkanes of at least 4 members (excludes halogenated alkanes) is 2. The fourth-order valence-electron chi connectivity index (χ4n) is 10.7. The van der Waals surface area contributed by atoms with Crippen LogP contribution < -0.4 is 26.6 Å². The van der Waals surface area contributed by atoms with E-state index < -0.39 is 119 Å². The van der Waals surface area contributed by atoms with Crippen molar-refractivity contribution in [3.63, 3.8) is 0 Å². The van der Waals surface area contributed by atoms with E-state index in [0.29, 0.717) is 52.6 Å². The van der Waals surface area contributed by atoms with Crippen molar-refractivity contribution in [1.29, 1.82) is 0 Å². The highest BCUT2D eigenvalue weighted by atomic mass is 79.9. The summed E-state index contributed by atoms with van der Waals surface area (Å²) >= 11 is 13.4. The highest BCUT2D eigenvalue weighted by Crippen LogP contribution is 2.49. The molecule has 5 rings (SSSR count). The van der Waals surface area contributed by atoms with Gasteiger partial charge in [0.2, 0.25) is 11.8 Å². The van der Waals surface area contributed by atoms with E-state index in [0.717, 1.165) is 22.1 Å². The molecule has 0 saturated carbocycles. The first kappa shape index (κ1) is 72.0. The van der Waals surface area contributed by atoms with Crippen LogP contribution in [-0.4, -0.2) is 156 Å². The van der Waals surface area contributed by atoms with Gasteiger partial charge in [0, 0.05) is 75.9 Å². The normalized spacial score (nSPS) is 24.2. The van der Waals surface area contributed by atoms with Crippen LogP contribution in [0.15, 0.2) is 54.1 Å². The van der Waals surface area contributed by atoms with Gasteiger partial charge >= 0.3 is 24.1 Å². The summed E-state index contributed by atoms with van der Waals surface area (Å²) in [6.45, 7) is 12.3. The number of likely N-dealkylation sites (N-methyl/N-ethyl adjacent to an activating group) is 1. The minimum absolute atomic E-state index is 0.0552. The minimum Gasteiger partial charge on any atom is -0.465 e. The molecule has 3 aliphatic heterocycles. The molecule has 2 aromatic rings. The molecule has 0 radical (unpaired) electrons. The molecule has 10 atom stereocenters. The second kappa shape index (κ2) is 32.6. The van der Waals surface area contributed by atoms with Crippen LogP contribution in [0.25, 0.3) is 0 Å². The number of aryl methyl sites for hydroxylation is 1. The predicted molar refractivity (Wildman–Crippen MR) is 331 cm³/mol. The van der Waals surface area contributed by atoms with E-state index in [1.54, 1.807) is 53.0 Å². The maximum atomic E-state index is 16.2. The van der Waals surface area contributed by atoms with Gasteiger partial charge in [0.1, 0.15) is 41.6 Å². The number of hydrogen-bond acceptors (Lipinski definition) is 15. The van der Waals surface area contributed by atoms with Gasteiger partial charge in [0.15, 0.2) is 11.5 Å². The predicted octanol–water partition coefficient (Wildman–Crippen LogP) is 8.05. The van der Waals surface area contributed by atoms with E-state index in [1.807, 2.05) is 26.0 Å². The second-order valence-corrected chi connectivity index (χ2v) is 25.1. The van der Waals surface area contributed by atoms with E-state index in [1.165, 1.54) is 38.1 Å². The number of nitrogens with one attached hydrogen (secondary N) is 3. The highest BCUT2D eigenvalue weighted by molar-refractivity contribution is 9.09. The number of aliphatic hydroxyl groups is 1. The topological polar surface area (TPSA) is 292 Å². The molecule has 4 bridgehead atoms. The van der Waals surface area contributed by atoms with Crippen LogP contribution in [-0.2, 0) is 65.3 Å². The molecule has 2 fully saturated rings. The number of alkyl carbamates (subject to hydrolysis) is 1. The van der Waals surface area contributed by atoms with Crippen molar-refractivity contribution < 1.29 is 76.3 Å². The molecule has 2 saturated heterocycles. The molecular formula is C62H84Br2ClFN6O15. The molecule has 87 heavy (non-hydrogen) atoms. The van der Waals surface area contributed by atoms with Crippen molar-refractivity contribution in [3.05, 3.63) is 87.2 Å². The zero-order valence-corrected chi connectivity index (χ0v) is 55.1. The zero-order chi connectivity index (χ0) is 64.7. The molecule has 21 nitrogen and oxygen atoms in total. The van der Waals surface area contributed by atoms with E-state index in [4.69, 9.17) is 41.0 Å². The Kier molecular flexibility index (Phi) is 27.0. The summed E-state index contributed by atoms with van der Waals surface area (Å²) in [5.74, 6) is -7.01. The fourth-order valence-corrected chi connectivity index (χ4v) is 12.6. The number of alkyl halides is 2. The summed E-state index contributed by atoms with van der Waals surface area (Å²) in [5, 5.41) is 20.9. The number of hydrogen-bond donors (Lipinski definition) is 5. The van der Waals surface area contributed by atoms with Gasteiger partial charge in [-0.1, -0.05) is 100 Å². The molecule has 6 N–H and O–H groups in total. The molecule has 3 heterocycles. The van der Waals surface area contributed by atoms with Crippen LogP contribution in [0.5, 0.6) is 0 Å². The molecule has 480 valence electrons. The highest BCUT2D eigenvalue weighted by Gasteiger charge is 2.64. The number of epoxide rings is 1. The first-order valence-electron chi connectivity index (χ1n) is 29.2. The standard InChI is InChI=1S/C62H84Br2ClFN6O15/c1-34(2)44(29-42(73)17-12-11-13-23-84-58(79)41(32-63)33-64)55(76)69-46(18-15-22-68-59(67)80)48(74)28-39-20-21-43(45(66)26-39)56(77)71(8)38(6)57(78)86-51-30-52(75)72(9)47-27-40(25-36(4)53(47)65)24-35(3)16-14-19-50(83-10)62(82)31-49(85-60(81)70-62)37(5)54-61(51,7)87-54/h14,16,19-21,25-27,34,37-38,41,44,46,49-51,54,82H,11-13,15,17-18,22-24,28-33H2,1-10H3,(H,69,76)(H,70,81)(H3,67,68,80)/b19-14+,35-16+/t37-,38+,44+,46+,49+,50-,51+,54+,61+,62+/m1/s1. The first-order chi connectivity index (χ1) is 41.0. The van der Waals surface area contributed by atoms with E-state index >= 15 is 4.39 Å². The Bertz CT molecular complexity index is 2910. The lowest BCUT2D eigenvalue weighted by Crippen LogP contribution is -2.63. The van der Waals surface area contributed by atoms with Gasteiger partial charge < -0.3 is 55.0 Å². The number of nitrogens with zero attached hydrogens (tertiary/aromatic N) is 2. The van der Waals surface area contributed by atoms with Crippen LogP contribution in [0.2, 0.25) is 5.02 Å². The minimum atomic E-state index is -1.92. The maximum absolute atomic E-state index is 16.2. The third kappa shape index (κ3) is 19.6. The Morgan fingerprint density at radius 1 is 1.02 bits per heavy atom. The van der Waals surface area contributed by atoms with E-state index in [9.17, 15) is 48.3 Å². The summed E-state index contributed by atoms with van der Waals surface area (Å²) < 4.78 is 45.4. The van der Waals surface area contributed by atoms with Crippen molar-refractivity contribution in [2.24, 2.45) is 29.4 Å². The Morgan fingerprint density at radius 2 is 1.72 bits per heavy atom. The lowest BCUT2D eigenvalue weighted by molar-refractivity contribution is -0.158.